The molecule has 104 valence electrons. The highest BCUT2D eigenvalue weighted by atomic mass is 35.5. The Kier molecular flexibility index (Phi) is 2.64. The number of hydrogen-bond donors (Lipinski definition) is 0. The second-order valence-corrected chi connectivity index (χ2v) is 6.52. The smallest absolute Gasteiger partial charge is 0.227 e. The summed E-state index contributed by atoms with van der Waals surface area (Å²) in [6.45, 7) is 0. The van der Waals surface area contributed by atoms with Crippen LogP contribution in [0.2, 0.25) is 5.02 Å². The lowest BCUT2D eigenvalue weighted by molar-refractivity contribution is -0.135. The Labute approximate surface area is 122 Å². The topological polar surface area (TPSA) is 45.0 Å². The fraction of sp³-hybridized carbons (Fsp3) is 0.533. The zero-order chi connectivity index (χ0) is 13.7. The molecule has 20 heavy (non-hydrogen) atoms. The first-order chi connectivity index (χ1) is 9.65. The summed E-state index contributed by atoms with van der Waals surface area (Å²) in [5.41, 5.74) is 0.919. The second kappa shape index (κ2) is 4.29. The molecule has 0 saturated carbocycles. The maximum absolute atomic E-state index is 12.6. The van der Waals surface area contributed by atoms with Crippen LogP contribution in [-0.4, -0.2) is 28.6 Å². The summed E-state index contributed by atoms with van der Waals surface area (Å²) in [6.07, 6.45) is 4.52. The molecule has 2 bridgehead atoms. The highest BCUT2D eigenvalue weighted by Crippen LogP contribution is 2.49. The Morgan fingerprint density at radius 3 is 2.35 bits per heavy atom. The second-order valence-electron chi connectivity index (χ2n) is 6.08. The minimum Gasteiger partial charge on any atom is -0.336 e. The molecule has 0 radical (unpaired) electrons. The molecule has 0 N–H and O–H groups in total. The van der Waals surface area contributed by atoms with E-state index in [4.69, 9.17) is 11.6 Å². The van der Waals surface area contributed by atoms with Crippen LogP contribution in [0.3, 0.4) is 0 Å². The van der Waals surface area contributed by atoms with Gasteiger partial charge in [-0.1, -0.05) is 23.7 Å². The van der Waals surface area contributed by atoms with Gasteiger partial charge in [0.25, 0.3) is 0 Å². The third-order valence-electron chi connectivity index (χ3n) is 4.68. The maximum atomic E-state index is 12.6. The maximum Gasteiger partial charge on any atom is 0.227 e. The number of rotatable bonds is 2. The number of carbonyl (C=O) groups excluding carboxylic acids is 1. The van der Waals surface area contributed by atoms with E-state index in [2.05, 4.69) is 15.1 Å². The van der Waals surface area contributed by atoms with Crippen molar-refractivity contribution in [1.82, 2.24) is 4.90 Å². The van der Waals surface area contributed by atoms with Crippen molar-refractivity contribution < 1.29 is 4.79 Å². The van der Waals surface area contributed by atoms with E-state index in [1.807, 2.05) is 24.3 Å². The number of benzene rings is 1. The average Bonchev–Trinajstić information content (AvgIpc) is 3.11. The van der Waals surface area contributed by atoms with E-state index in [9.17, 15) is 4.79 Å². The first-order valence-corrected chi connectivity index (χ1v) is 7.53. The Hall–Kier alpha value is -1.42. The zero-order valence-corrected chi connectivity index (χ0v) is 11.9. The van der Waals surface area contributed by atoms with E-state index in [0.29, 0.717) is 23.5 Å². The summed E-state index contributed by atoms with van der Waals surface area (Å²) in [7, 11) is 0. The van der Waals surface area contributed by atoms with Crippen LogP contribution in [0.5, 0.6) is 0 Å². The normalized spacial score (nSPS) is 28.9. The first kappa shape index (κ1) is 12.3. The largest absolute Gasteiger partial charge is 0.336 e. The molecule has 0 aliphatic carbocycles. The molecule has 1 aromatic rings. The standard InChI is InChI=1S/C15H16ClN3O/c16-11-3-1-10(2-4-11)7-14(20)19-12-5-6-13(19)9-15(8-12)17-18-15/h1-4,12-13H,5-9H2. The van der Waals surface area contributed by atoms with Gasteiger partial charge in [0.05, 0.1) is 6.42 Å². The molecule has 2 unspecified atom stereocenters. The molecule has 4 nitrogen and oxygen atoms in total. The van der Waals surface area contributed by atoms with Crippen molar-refractivity contribution >= 4 is 17.5 Å². The van der Waals surface area contributed by atoms with Crippen molar-refractivity contribution in [2.24, 2.45) is 10.2 Å². The number of amides is 1. The molecule has 2 saturated heterocycles. The van der Waals surface area contributed by atoms with Gasteiger partial charge in [-0.25, -0.2) is 0 Å². The lowest BCUT2D eigenvalue weighted by Crippen LogP contribution is -2.49. The molecule has 1 aromatic carbocycles. The lowest BCUT2D eigenvalue weighted by Gasteiger charge is -2.37. The van der Waals surface area contributed by atoms with Crippen molar-refractivity contribution in [2.75, 3.05) is 0 Å². The quantitative estimate of drug-likeness (QED) is 0.824. The molecular weight excluding hydrogens is 274 g/mol. The summed E-state index contributed by atoms with van der Waals surface area (Å²) in [4.78, 5) is 14.7. The van der Waals surface area contributed by atoms with E-state index in [1.165, 1.54) is 0 Å². The van der Waals surface area contributed by atoms with Crippen LogP contribution in [0.4, 0.5) is 0 Å². The van der Waals surface area contributed by atoms with Gasteiger partial charge in [0, 0.05) is 29.9 Å². The summed E-state index contributed by atoms with van der Waals surface area (Å²) < 4.78 is 0. The van der Waals surface area contributed by atoms with Gasteiger partial charge >= 0.3 is 0 Å². The molecule has 2 atom stereocenters. The van der Waals surface area contributed by atoms with Crippen molar-refractivity contribution in [2.45, 2.75) is 49.9 Å². The molecule has 5 heteroatoms. The number of nitrogens with zero attached hydrogens (tertiary/aromatic N) is 3. The molecule has 3 aliphatic rings. The minimum absolute atomic E-state index is 0.108. The summed E-state index contributed by atoms with van der Waals surface area (Å²) in [5, 5.41) is 9.09. The van der Waals surface area contributed by atoms with E-state index < -0.39 is 0 Å². The monoisotopic (exact) mass is 289 g/mol. The van der Waals surface area contributed by atoms with E-state index in [-0.39, 0.29) is 11.6 Å². The Bertz CT molecular complexity index is 561. The molecule has 1 amide bonds. The van der Waals surface area contributed by atoms with Crippen molar-refractivity contribution in [3.8, 4) is 0 Å². The predicted molar refractivity (Wildman–Crippen MR) is 75.6 cm³/mol. The van der Waals surface area contributed by atoms with Crippen molar-refractivity contribution in [1.29, 1.82) is 0 Å². The molecule has 4 rings (SSSR count). The lowest BCUT2D eigenvalue weighted by atomic mass is 9.93. The summed E-state index contributed by atoms with van der Waals surface area (Å²) >= 11 is 5.88. The van der Waals surface area contributed by atoms with Crippen LogP contribution in [0.15, 0.2) is 34.5 Å². The Morgan fingerprint density at radius 1 is 1.20 bits per heavy atom. The van der Waals surface area contributed by atoms with Gasteiger partial charge in [-0.3, -0.25) is 4.79 Å². The molecule has 2 fully saturated rings. The van der Waals surface area contributed by atoms with Crippen molar-refractivity contribution in [3.63, 3.8) is 0 Å². The highest BCUT2D eigenvalue weighted by Gasteiger charge is 2.55. The fourth-order valence-electron chi connectivity index (χ4n) is 3.71. The molecule has 3 aliphatic heterocycles. The van der Waals surface area contributed by atoms with Crippen LogP contribution in [0.1, 0.15) is 31.2 Å². The molecule has 0 aromatic heterocycles. The molecular formula is C15H16ClN3O. The number of piperidine rings is 1. The van der Waals surface area contributed by atoms with Crippen LogP contribution in [-0.2, 0) is 11.2 Å². The minimum atomic E-state index is -0.108. The van der Waals surface area contributed by atoms with Gasteiger partial charge in [-0.05, 0) is 30.5 Å². The van der Waals surface area contributed by atoms with Crippen LogP contribution in [0, 0.1) is 0 Å². The first-order valence-electron chi connectivity index (χ1n) is 7.15. The van der Waals surface area contributed by atoms with Crippen molar-refractivity contribution in [3.05, 3.63) is 34.9 Å². The van der Waals surface area contributed by atoms with Crippen LogP contribution in [0.25, 0.3) is 0 Å². The summed E-state index contributed by atoms with van der Waals surface area (Å²) in [6, 6.07) is 8.21. The van der Waals surface area contributed by atoms with Crippen LogP contribution < -0.4 is 0 Å². The van der Waals surface area contributed by atoms with Gasteiger partial charge in [-0.2, -0.15) is 10.2 Å². The zero-order valence-electron chi connectivity index (χ0n) is 11.1. The van der Waals surface area contributed by atoms with E-state index in [1.54, 1.807) is 0 Å². The summed E-state index contributed by atoms with van der Waals surface area (Å²) in [5.74, 6) is 0.232. The molecule has 1 spiro atoms. The number of hydrogen-bond acceptors (Lipinski definition) is 3. The number of fused-ring (bicyclic) bond motifs is 2. The predicted octanol–water partition coefficient (Wildman–Crippen LogP) is 3.20. The number of carbonyl (C=O) groups is 1. The van der Waals surface area contributed by atoms with E-state index in [0.717, 1.165) is 31.2 Å². The van der Waals surface area contributed by atoms with Gasteiger partial charge in [0.2, 0.25) is 5.91 Å². The Balaban J connectivity index is 1.48. The van der Waals surface area contributed by atoms with E-state index >= 15 is 0 Å². The van der Waals surface area contributed by atoms with Gasteiger partial charge < -0.3 is 4.90 Å². The molecule has 3 heterocycles. The number of halogens is 1. The third-order valence-corrected chi connectivity index (χ3v) is 4.94. The average molecular weight is 290 g/mol. The SMILES string of the molecule is O=C(Cc1ccc(Cl)cc1)N1C2CCC1CC1(C2)N=N1. The van der Waals surface area contributed by atoms with Gasteiger partial charge in [0.15, 0.2) is 5.66 Å². The fourth-order valence-corrected chi connectivity index (χ4v) is 3.84. The highest BCUT2D eigenvalue weighted by molar-refractivity contribution is 6.30. The Morgan fingerprint density at radius 2 is 1.80 bits per heavy atom. The van der Waals surface area contributed by atoms with Gasteiger partial charge in [0.1, 0.15) is 0 Å². The van der Waals surface area contributed by atoms with Gasteiger partial charge in [-0.15, -0.1) is 0 Å². The van der Waals surface area contributed by atoms with Crippen LogP contribution >= 0.6 is 11.6 Å². The third kappa shape index (κ3) is 2.03.